The molecule has 7 nitrogen and oxygen atoms in total. The fourth-order valence-corrected chi connectivity index (χ4v) is 4.25. The zero-order chi connectivity index (χ0) is 24.3. The molecule has 0 radical (unpaired) electrons. The lowest BCUT2D eigenvalue weighted by Gasteiger charge is -2.32. The van der Waals surface area contributed by atoms with Gasteiger partial charge in [0.2, 0.25) is 11.6 Å². The van der Waals surface area contributed by atoms with Crippen LogP contribution < -0.4 is 10.2 Å². The van der Waals surface area contributed by atoms with E-state index in [1.54, 1.807) is 0 Å². The van der Waals surface area contributed by atoms with Crippen molar-refractivity contribution >= 4 is 34.6 Å². The zero-order valence-electron chi connectivity index (χ0n) is 17.9. The average molecular weight is 492 g/mol. The molecule has 2 heterocycles. The van der Waals surface area contributed by atoms with Gasteiger partial charge in [-0.2, -0.15) is 13.2 Å². The lowest BCUT2D eigenvalue weighted by atomic mass is 9.90. The zero-order valence-corrected chi connectivity index (χ0v) is 18.7. The first-order valence-corrected chi connectivity index (χ1v) is 11.0. The second kappa shape index (κ2) is 9.84. The Kier molecular flexibility index (Phi) is 6.87. The third kappa shape index (κ3) is 5.39. The molecular formula is C23H21ClF3N5O2. The van der Waals surface area contributed by atoms with E-state index in [-0.39, 0.29) is 22.3 Å². The van der Waals surface area contributed by atoms with Crippen molar-refractivity contribution in [2.75, 3.05) is 23.3 Å². The van der Waals surface area contributed by atoms with Gasteiger partial charge in [0.05, 0.1) is 21.2 Å². The average Bonchev–Trinajstić information content (AvgIpc) is 2.80. The van der Waals surface area contributed by atoms with E-state index in [1.165, 1.54) is 5.56 Å². The Bertz CT molecular complexity index is 1170. The Morgan fingerprint density at radius 3 is 2.47 bits per heavy atom. The topological polar surface area (TPSA) is 84.2 Å². The second-order valence-electron chi connectivity index (χ2n) is 8.09. The molecule has 4 rings (SSSR count). The maximum atomic E-state index is 13.1. The fraction of sp³-hybridized carbons (Fsp3) is 0.304. The summed E-state index contributed by atoms with van der Waals surface area (Å²) in [5.41, 5.74) is -0.224. The van der Waals surface area contributed by atoms with E-state index in [9.17, 15) is 23.3 Å². The highest BCUT2D eigenvalue weighted by molar-refractivity contribution is 6.33. The third-order valence-corrected chi connectivity index (χ3v) is 6.14. The van der Waals surface area contributed by atoms with Crippen LogP contribution in [0.25, 0.3) is 0 Å². The molecule has 0 unspecified atom stereocenters. The van der Waals surface area contributed by atoms with Crippen molar-refractivity contribution in [1.29, 1.82) is 0 Å². The van der Waals surface area contributed by atoms with Crippen LogP contribution in [0.5, 0.6) is 0 Å². The highest BCUT2D eigenvalue weighted by Crippen LogP contribution is 2.39. The van der Waals surface area contributed by atoms with Gasteiger partial charge >= 0.3 is 11.9 Å². The largest absolute Gasteiger partial charge is 0.416 e. The number of anilines is 3. The Labute approximate surface area is 198 Å². The number of hydrogen-bond acceptors (Lipinski definition) is 6. The Balaban J connectivity index is 1.55. The predicted octanol–water partition coefficient (Wildman–Crippen LogP) is 6.26. The molecule has 3 aromatic rings. The number of alkyl halides is 3. The summed E-state index contributed by atoms with van der Waals surface area (Å²) in [6, 6.07) is 12.9. The molecule has 0 spiro atoms. The smallest absolute Gasteiger partial charge is 0.351 e. The Morgan fingerprint density at radius 2 is 1.82 bits per heavy atom. The van der Waals surface area contributed by atoms with Crippen LogP contribution in [0.15, 0.2) is 54.9 Å². The Morgan fingerprint density at radius 1 is 1.12 bits per heavy atom. The van der Waals surface area contributed by atoms with Gasteiger partial charge in [-0.25, -0.2) is 9.97 Å². The van der Waals surface area contributed by atoms with Crippen molar-refractivity contribution in [2.24, 2.45) is 5.92 Å². The Hall–Kier alpha value is -3.40. The molecule has 0 saturated carbocycles. The predicted molar refractivity (Wildman–Crippen MR) is 124 cm³/mol. The van der Waals surface area contributed by atoms with Crippen LogP contribution in [0.1, 0.15) is 24.0 Å². The molecule has 1 aliphatic rings. The van der Waals surface area contributed by atoms with E-state index in [4.69, 9.17) is 11.6 Å². The molecule has 1 N–H and O–H groups in total. The van der Waals surface area contributed by atoms with Gasteiger partial charge in [0.25, 0.3) is 0 Å². The van der Waals surface area contributed by atoms with Crippen molar-refractivity contribution in [3.63, 3.8) is 0 Å². The van der Waals surface area contributed by atoms with Crippen LogP contribution >= 0.6 is 11.6 Å². The van der Waals surface area contributed by atoms with Crippen LogP contribution in [-0.2, 0) is 12.6 Å². The standard InChI is InChI=1S/C23H21ClF3N5O2/c24-18-7-6-17(23(25,26)27)13-19(18)30-21-20(32(33)34)22(29-14-28-21)31-10-8-16(9-11-31)12-15-4-2-1-3-5-15/h1-7,13-14,16H,8-12H2,(H,28,29,30). The number of aromatic nitrogens is 2. The van der Waals surface area contributed by atoms with Gasteiger partial charge < -0.3 is 10.2 Å². The van der Waals surface area contributed by atoms with E-state index in [1.807, 2.05) is 23.1 Å². The number of piperidine rings is 1. The summed E-state index contributed by atoms with van der Waals surface area (Å²) in [5, 5.41) is 14.5. The van der Waals surface area contributed by atoms with E-state index in [0.29, 0.717) is 19.0 Å². The summed E-state index contributed by atoms with van der Waals surface area (Å²) in [5.74, 6) is 0.354. The van der Waals surface area contributed by atoms with Crippen LogP contribution in [0.2, 0.25) is 5.02 Å². The van der Waals surface area contributed by atoms with Gasteiger partial charge in [0.15, 0.2) is 0 Å². The summed E-state index contributed by atoms with van der Waals surface area (Å²) < 4.78 is 39.3. The van der Waals surface area contributed by atoms with E-state index in [0.717, 1.165) is 43.8 Å². The van der Waals surface area contributed by atoms with E-state index >= 15 is 0 Å². The van der Waals surface area contributed by atoms with Gasteiger partial charge in [-0.15, -0.1) is 0 Å². The normalized spacial score (nSPS) is 14.8. The summed E-state index contributed by atoms with van der Waals surface area (Å²) in [4.78, 5) is 21.2. The summed E-state index contributed by atoms with van der Waals surface area (Å²) in [6.07, 6.45) is -0.839. The second-order valence-corrected chi connectivity index (χ2v) is 8.50. The molecule has 34 heavy (non-hydrogen) atoms. The molecule has 178 valence electrons. The first kappa shape index (κ1) is 23.7. The number of benzene rings is 2. The number of nitro groups is 1. The lowest BCUT2D eigenvalue weighted by Crippen LogP contribution is -2.35. The fourth-order valence-electron chi connectivity index (χ4n) is 4.08. The van der Waals surface area contributed by atoms with Crippen molar-refractivity contribution in [3.05, 3.63) is 81.1 Å². The molecule has 0 atom stereocenters. The first-order valence-electron chi connectivity index (χ1n) is 10.6. The molecule has 11 heteroatoms. The number of nitrogens with one attached hydrogen (secondary N) is 1. The molecule has 1 saturated heterocycles. The monoisotopic (exact) mass is 491 g/mol. The van der Waals surface area contributed by atoms with Crippen LogP contribution in [0.4, 0.5) is 36.2 Å². The number of nitrogens with zero attached hydrogens (tertiary/aromatic N) is 4. The molecule has 0 bridgehead atoms. The summed E-state index contributed by atoms with van der Waals surface area (Å²) >= 11 is 6.05. The van der Waals surface area contributed by atoms with E-state index in [2.05, 4.69) is 27.4 Å². The van der Waals surface area contributed by atoms with Gasteiger partial charge in [-0.3, -0.25) is 10.1 Å². The van der Waals surface area contributed by atoms with Crippen molar-refractivity contribution in [3.8, 4) is 0 Å². The lowest BCUT2D eigenvalue weighted by molar-refractivity contribution is -0.383. The minimum atomic E-state index is -4.59. The number of halogens is 4. The van der Waals surface area contributed by atoms with Crippen LogP contribution in [0.3, 0.4) is 0 Å². The summed E-state index contributed by atoms with van der Waals surface area (Å²) in [6.45, 7) is 1.14. The first-order chi connectivity index (χ1) is 16.2. The van der Waals surface area contributed by atoms with Gasteiger partial charge in [0, 0.05) is 13.1 Å². The van der Waals surface area contributed by atoms with Crippen molar-refractivity contribution in [2.45, 2.75) is 25.4 Å². The van der Waals surface area contributed by atoms with Gasteiger partial charge in [-0.05, 0) is 48.9 Å². The molecular weight excluding hydrogens is 471 g/mol. The quantitative estimate of drug-likeness (QED) is 0.323. The van der Waals surface area contributed by atoms with E-state index < -0.39 is 22.4 Å². The van der Waals surface area contributed by atoms with Gasteiger partial charge in [0.1, 0.15) is 6.33 Å². The highest BCUT2D eigenvalue weighted by Gasteiger charge is 2.33. The maximum absolute atomic E-state index is 13.1. The van der Waals surface area contributed by atoms with Crippen LogP contribution in [-0.4, -0.2) is 28.0 Å². The summed E-state index contributed by atoms with van der Waals surface area (Å²) in [7, 11) is 0. The number of rotatable bonds is 6. The number of hydrogen-bond donors (Lipinski definition) is 1. The minimum absolute atomic E-state index is 0.0239. The van der Waals surface area contributed by atoms with Crippen LogP contribution in [0, 0.1) is 16.0 Å². The molecule has 1 aliphatic heterocycles. The van der Waals surface area contributed by atoms with Crippen molar-refractivity contribution < 1.29 is 18.1 Å². The van der Waals surface area contributed by atoms with Crippen molar-refractivity contribution in [1.82, 2.24) is 9.97 Å². The maximum Gasteiger partial charge on any atom is 0.416 e. The molecule has 0 amide bonds. The molecule has 1 fully saturated rings. The molecule has 0 aliphatic carbocycles. The SMILES string of the molecule is O=[N+]([O-])c1c(Nc2cc(C(F)(F)F)ccc2Cl)ncnc1N1CCC(Cc2ccccc2)CC1. The highest BCUT2D eigenvalue weighted by atomic mass is 35.5. The minimum Gasteiger partial charge on any atom is -0.351 e. The van der Waals surface area contributed by atoms with Gasteiger partial charge in [-0.1, -0.05) is 41.9 Å². The third-order valence-electron chi connectivity index (χ3n) is 5.81. The molecule has 2 aromatic carbocycles. The molecule has 1 aromatic heterocycles.